The van der Waals surface area contributed by atoms with Crippen LogP contribution in [-0.4, -0.2) is 30.1 Å². The molecule has 0 aliphatic heterocycles. The molecule has 0 aromatic carbocycles. The average molecular weight is 287 g/mol. The van der Waals surface area contributed by atoms with Gasteiger partial charge in [0.15, 0.2) is 0 Å². The molecule has 0 spiro atoms. The Balaban J connectivity index is -0.000000720. The predicted octanol–water partition coefficient (Wildman–Crippen LogP) is -10.9. The van der Waals surface area contributed by atoms with Crippen molar-refractivity contribution in [1.29, 1.82) is 0 Å². The molecule has 0 radical (unpaired) electrons. The Morgan fingerprint density at radius 2 is 1.87 bits per heavy atom. The van der Waals surface area contributed by atoms with Gasteiger partial charge < -0.3 is 24.3 Å². The largest absolute Gasteiger partial charge is 1.00 e. The monoisotopic (exact) mass is 287 g/mol. The summed E-state index contributed by atoms with van der Waals surface area (Å²) in [5.74, 6) is -2.00. The zero-order valence-electron chi connectivity index (χ0n) is 8.72. The van der Waals surface area contributed by atoms with Gasteiger partial charge in [0.25, 0.3) is 0 Å². The molecule has 15 heavy (non-hydrogen) atoms. The first-order valence-corrected chi connectivity index (χ1v) is 4.60. The Labute approximate surface area is 172 Å². The van der Waals surface area contributed by atoms with E-state index in [1.54, 1.807) is 0 Å². The second kappa shape index (κ2) is 10.1. The predicted molar refractivity (Wildman–Crippen MR) is 36.0 cm³/mol. The van der Waals surface area contributed by atoms with E-state index < -0.39 is 26.2 Å². The third-order valence-electron chi connectivity index (χ3n) is 1.03. The van der Waals surface area contributed by atoms with Crippen LogP contribution in [0, 0.1) is 0 Å². The number of likely N-dealkylation sites (N-methyl/N-ethyl adjacent to an activating group) is 1. The molecule has 0 unspecified atom stereocenters. The zero-order chi connectivity index (χ0) is 10.6. The molecule has 3 N–H and O–H groups in total. The number of nitrogens with two attached hydrogens (primary N) is 1. The molecule has 76 valence electrons. The molecular formula is C4H8K2N3O5P. The first-order valence-electron chi connectivity index (χ1n) is 3.06. The van der Waals surface area contributed by atoms with Gasteiger partial charge in [0.05, 0.1) is 20.8 Å². The summed E-state index contributed by atoms with van der Waals surface area (Å²) in [5, 5.41) is 11.4. The van der Waals surface area contributed by atoms with Crippen LogP contribution in [0.25, 0.3) is 0 Å². The summed E-state index contributed by atoms with van der Waals surface area (Å²) in [4.78, 5) is 30.2. The van der Waals surface area contributed by atoms with E-state index in [4.69, 9.17) is 5.73 Å². The summed E-state index contributed by atoms with van der Waals surface area (Å²) in [6.45, 7) is -0.612. The molecule has 0 heterocycles. The number of carbonyl (C=O) groups excluding carboxylic acids is 1. The van der Waals surface area contributed by atoms with Gasteiger partial charge in [-0.3, -0.25) is 15.4 Å². The number of nitrogens with zero attached hydrogens (tertiary/aromatic N) is 1. The molecule has 0 aromatic rings. The molecule has 11 heteroatoms. The van der Waals surface area contributed by atoms with Gasteiger partial charge in [-0.1, -0.05) is 0 Å². The summed E-state index contributed by atoms with van der Waals surface area (Å²) < 4.78 is 10.9. The molecule has 0 bridgehead atoms. The number of rotatable bonds is 3. The smallest absolute Gasteiger partial charge is 0.783 e. The van der Waals surface area contributed by atoms with Gasteiger partial charge in [0.1, 0.15) is 6.54 Å². The maximum atomic E-state index is 10.1. The van der Waals surface area contributed by atoms with Crippen LogP contribution in [0.1, 0.15) is 0 Å². The van der Waals surface area contributed by atoms with Gasteiger partial charge in [0.2, 0.25) is 0 Å². The molecular weight excluding hydrogens is 279 g/mol. The van der Waals surface area contributed by atoms with Crippen LogP contribution >= 0.6 is 7.75 Å². The van der Waals surface area contributed by atoms with Gasteiger partial charge in [-0.05, 0) is 0 Å². The van der Waals surface area contributed by atoms with Crippen molar-refractivity contribution in [3.8, 4) is 0 Å². The van der Waals surface area contributed by atoms with Crippen molar-refractivity contribution < 1.29 is 132 Å². The second-order valence-electron chi connectivity index (χ2n) is 2.22. The Kier molecular flexibility index (Phi) is 15.1. The number of carboxylic acid groups (broad SMARTS) is 1. The minimum absolute atomic E-state index is 0. The summed E-state index contributed by atoms with van der Waals surface area (Å²) in [7, 11) is -3.80. The van der Waals surface area contributed by atoms with E-state index in [2.05, 4.69) is 0 Å². The third kappa shape index (κ3) is 14.1. The number of hydrogen-bond acceptors (Lipinski definition) is 5. The minimum Gasteiger partial charge on any atom is -0.783 e. The van der Waals surface area contributed by atoms with E-state index in [0.717, 1.165) is 4.58 Å². The van der Waals surface area contributed by atoms with E-state index in [9.17, 15) is 24.3 Å². The van der Waals surface area contributed by atoms with E-state index in [1.807, 2.05) is 0 Å². The van der Waals surface area contributed by atoms with Gasteiger partial charge in [-0.15, -0.1) is 0 Å². The molecule has 0 atom stereocenters. The summed E-state index contributed by atoms with van der Waals surface area (Å²) in [6, 6.07) is 0. The Morgan fingerprint density at radius 1 is 1.47 bits per heavy atom. The van der Waals surface area contributed by atoms with Crippen molar-refractivity contribution in [3.05, 3.63) is 0 Å². The minimum atomic E-state index is -4.99. The van der Waals surface area contributed by atoms with E-state index in [-0.39, 0.29) is 103 Å². The second-order valence-corrected chi connectivity index (χ2v) is 3.44. The van der Waals surface area contributed by atoms with Gasteiger partial charge in [-0.2, -0.15) is 0 Å². The Morgan fingerprint density at radius 3 is 2.13 bits per heavy atom. The molecule has 0 saturated heterocycles. The first-order chi connectivity index (χ1) is 5.72. The van der Waals surface area contributed by atoms with Crippen LogP contribution in [0.4, 0.5) is 0 Å². The molecule has 0 amide bonds. The first kappa shape index (κ1) is 22.4. The zero-order valence-corrected chi connectivity index (χ0v) is 15.9. The van der Waals surface area contributed by atoms with Crippen molar-refractivity contribution in [2.24, 2.45) is 5.73 Å². The van der Waals surface area contributed by atoms with Crippen LogP contribution in [0.2, 0.25) is 0 Å². The van der Waals surface area contributed by atoms with Crippen molar-refractivity contribution in [1.82, 2.24) is 5.09 Å². The van der Waals surface area contributed by atoms with Crippen LogP contribution in [0.3, 0.4) is 0 Å². The SMILES string of the molecule is C[N+](CC(=O)[O-])=C(N)NP(=O)([O-])[O-].[K+].[K+]. The number of carbonyl (C=O) groups is 1. The van der Waals surface area contributed by atoms with Gasteiger partial charge in [0, 0.05) is 0 Å². The van der Waals surface area contributed by atoms with Gasteiger partial charge in [-0.25, -0.2) is 0 Å². The third-order valence-corrected chi connectivity index (χ3v) is 1.53. The summed E-state index contributed by atoms with van der Waals surface area (Å²) in [5.41, 5.74) is 5.02. The van der Waals surface area contributed by atoms with Crippen molar-refractivity contribution >= 4 is 19.7 Å². The van der Waals surface area contributed by atoms with Crippen molar-refractivity contribution in [3.63, 3.8) is 0 Å². The number of guanidine groups is 1. The summed E-state index contributed by atoms with van der Waals surface area (Å²) >= 11 is 0. The van der Waals surface area contributed by atoms with Crippen LogP contribution in [-0.2, 0) is 9.36 Å². The quantitative estimate of drug-likeness (QED) is 0.172. The van der Waals surface area contributed by atoms with E-state index in [1.165, 1.54) is 12.1 Å². The molecule has 0 rings (SSSR count). The fourth-order valence-corrected chi connectivity index (χ4v) is 0.956. The topological polar surface area (TPSA) is 144 Å². The maximum absolute atomic E-state index is 10.1. The molecule has 8 nitrogen and oxygen atoms in total. The Hall–Kier alpha value is 2.16. The van der Waals surface area contributed by atoms with Crippen molar-refractivity contribution in [2.45, 2.75) is 0 Å². The maximum Gasteiger partial charge on any atom is 1.00 e. The average Bonchev–Trinajstić information content (AvgIpc) is 1.81. The summed E-state index contributed by atoms with van der Waals surface area (Å²) in [6.07, 6.45) is 0. The van der Waals surface area contributed by atoms with E-state index in [0.29, 0.717) is 0 Å². The number of carboxylic acids is 1. The fourth-order valence-electron chi connectivity index (χ4n) is 0.504. The molecule has 0 aromatic heterocycles. The van der Waals surface area contributed by atoms with Gasteiger partial charge >= 0.3 is 109 Å². The molecule has 0 aliphatic carbocycles. The number of nitrogens with one attached hydrogen (secondary N) is 1. The molecule has 0 aliphatic rings. The van der Waals surface area contributed by atoms with Crippen LogP contribution in [0.5, 0.6) is 0 Å². The van der Waals surface area contributed by atoms with Crippen molar-refractivity contribution in [2.75, 3.05) is 13.6 Å². The normalized spacial score (nSPS) is 11.7. The standard InChI is InChI=1S/C4H10N3O5P.2K/c1-7(2-3(8)9)4(5)6-13(10,11)12;;/h2H2,1H3,(H5,5,6,8,9,10,11,12);;/q;2*+1/p-2. The van der Waals surface area contributed by atoms with Crippen LogP contribution < -0.4 is 128 Å². The number of hydrogen-bond donors (Lipinski definition) is 2. The molecule has 0 fully saturated rings. The molecule has 0 saturated carbocycles. The van der Waals surface area contributed by atoms with E-state index >= 15 is 0 Å². The number of aliphatic carboxylic acids is 1. The fraction of sp³-hybridized carbons (Fsp3) is 0.500. The Bertz CT molecular complexity index is 290. The van der Waals surface area contributed by atoms with Crippen LogP contribution in [0.15, 0.2) is 0 Å².